The van der Waals surface area contributed by atoms with Crippen LogP contribution in [0.5, 0.6) is 5.75 Å². The molecule has 0 saturated heterocycles. The Labute approximate surface area is 88.6 Å². The first-order chi connectivity index (χ1) is 6.63. The molecular weight excluding hydrogens is 202 g/mol. The summed E-state index contributed by atoms with van der Waals surface area (Å²) < 4.78 is 5.49. The van der Waals surface area contributed by atoms with Crippen LogP contribution in [0.3, 0.4) is 0 Å². The van der Waals surface area contributed by atoms with Gasteiger partial charge in [-0.1, -0.05) is 17.7 Å². The van der Waals surface area contributed by atoms with E-state index in [0.717, 1.165) is 5.56 Å². The number of rotatable bonds is 4. The lowest BCUT2D eigenvalue weighted by Crippen LogP contribution is -2.08. The lowest BCUT2D eigenvalue weighted by molar-refractivity contribution is 0.161. The Morgan fingerprint density at radius 1 is 1.50 bits per heavy atom. The summed E-state index contributed by atoms with van der Waals surface area (Å²) in [7, 11) is 0. The van der Waals surface area contributed by atoms with E-state index in [2.05, 4.69) is 5.48 Å². The highest BCUT2D eigenvalue weighted by Gasteiger charge is 2.04. The molecule has 3 nitrogen and oxygen atoms in total. The van der Waals surface area contributed by atoms with Crippen LogP contribution in [0.25, 0.3) is 0 Å². The molecule has 0 bridgehead atoms. The van der Waals surface area contributed by atoms with Gasteiger partial charge in [0.25, 0.3) is 0 Å². The molecule has 0 atom stereocenters. The summed E-state index contributed by atoms with van der Waals surface area (Å²) in [6.07, 6.45) is 0.0878. The third kappa shape index (κ3) is 3.18. The van der Waals surface area contributed by atoms with E-state index < -0.39 is 0 Å². The van der Waals surface area contributed by atoms with Crippen molar-refractivity contribution in [3.63, 3.8) is 0 Å². The largest absolute Gasteiger partial charge is 0.489 e. The molecule has 4 heteroatoms. The average molecular weight is 216 g/mol. The van der Waals surface area contributed by atoms with Crippen molar-refractivity contribution in [2.45, 2.75) is 26.5 Å². The zero-order valence-electron chi connectivity index (χ0n) is 8.25. The summed E-state index contributed by atoms with van der Waals surface area (Å²) in [6, 6.07) is 5.40. The quantitative estimate of drug-likeness (QED) is 0.759. The van der Waals surface area contributed by atoms with Crippen LogP contribution in [-0.4, -0.2) is 11.3 Å². The molecule has 0 aliphatic rings. The summed E-state index contributed by atoms with van der Waals surface area (Å²) in [6.45, 7) is 4.26. The number of halogens is 1. The van der Waals surface area contributed by atoms with Crippen molar-refractivity contribution in [1.29, 1.82) is 0 Å². The molecule has 0 fully saturated rings. The molecule has 14 heavy (non-hydrogen) atoms. The van der Waals surface area contributed by atoms with E-state index in [0.29, 0.717) is 17.3 Å². The number of hydroxylamine groups is 1. The molecule has 0 amide bonds. The first-order valence-corrected chi connectivity index (χ1v) is 4.83. The van der Waals surface area contributed by atoms with Gasteiger partial charge in [0.1, 0.15) is 5.75 Å². The van der Waals surface area contributed by atoms with Gasteiger partial charge in [-0.2, -0.15) is 0 Å². The summed E-state index contributed by atoms with van der Waals surface area (Å²) in [4.78, 5) is 0. The van der Waals surface area contributed by atoms with E-state index in [1.807, 2.05) is 26.0 Å². The molecule has 1 rings (SSSR count). The number of benzene rings is 1. The minimum absolute atomic E-state index is 0.0878. The normalized spacial score (nSPS) is 10.6. The fraction of sp³-hybridized carbons (Fsp3) is 0.400. The maximum Gasteiger partial charge on any atom is 0.138 e. The number of hydrogen-bond donors (Lipinski definition) is 2. The zero-order valence-corrected chi connectivity index (χ0v) is 9.01. The van der Waals surface area contributed by atoms with E-state index in [4.69, 9.17) is 21.5 Å². The van der Waals surface area contributed by atoms with E-state index in [1.54, 1.807) is 6.07 Å². The fourth-order valence-corrected chi connectivity index (χ4v) is 1.26. The molecule has 0 aliphatic heterocycles. The predicted molar refractivity (Wildman–Crippen MR) is 55.8 cm³/mol. The first-order valence-electron chi connectivity index (χ1n) is 4.45. The minimum Gasteiger partial charge on any atom is -0.489 e. The van der Waals surface area contributed by atoms with Gasteiger partial charge in [0.15, 0.2) is 0 Å². The van der Waals surface area contributed by atoms with Gasteiger partial charge in [-0.3, -0.25) is 0 Å². The lowest BCUT2D eigenvalue weighted by atomic mass is 10.2. The second-order valence-corrected chi connectivity index (χ2v) is 3.67. The van der Waals surface area contributed by atoms with E-state index >= 15 is 0 Å². The molecule has 0 heterocycles. The summed E-state index contributed by atoms with van der Waals surface area (Å²) in [5, 5.41) is 9.12. The van der Waals surface area contributed by atoms with Crippen LogP contribution in [0.1, 0.15) is 19.4 Å². The van der Waals surface area contributed by atoms with Crippen molar-refractivity contribution in [1.82, 2.24) is 5.48 Å². The van der Waals surface area contributed by atoms with Gasteiger partial charge >= 0.3 is 0 Å². The summed E-state index contributed by atoms with van der Waals surface area (Å²) in [5.41, 5.74) is 3.01. The van der Waals surface area contributed by atoms with Gasteiger partial charge in [0.2, 0.25) is 0 Å². The molecule has 0 spiro atoms. The smallest absolute Gasteiger partial charge is 0.138 e. The maximum atomic E-state index is 8.54. The maximum absolute atomic E-state index is 8.54. The number of ether oxygens (including phenoxy) is 1. The highest BCUT2D eigenvalue weighted by atomic mass is 35.5. The van der Waals surface area contributed by atoms with Crippen molar-refractivity contribution < 1.29 is 9.94 Å². The second-order valence-electron chi connectivity index (χ2n) is 3.27. The molecular formula is C10H14ClNO2. The zero-order chi connectivity index (χ0) is 10.6. The average Bonchev–Trinajstić information content (AvgIpc) is 2.10. The molecule has 1 aromatic rings. The summed E-state index contributed by atoms with van der Waals surface area (Å²) >= 11 is 5.93. The Hall–Kier alpha value is -0.770. The van der Waals surface area contributed by atoms with Gasteiger partial charge < -0.3 is 9.94 Å². The second kappa shape index (κ2) is 5.20. The fourth-order valence-electron chi connectivity index (χ4n) is 1.09. The van der Waals surface area contributed by atoms with Crippen LogP contribution in [0.4, 0.5) is 0 Å². The molecule has 78 valence electrons. The van der Waals surface area contributed by atoms with E-state index in [9.17, 15) is 0 Å². The molecule has 0 aromatic heterocycles. The molecule has 0 radical (unpaired) electrons. The Morgan fingerprint density at radius 2 is 2.21 bits per heavy atom. The van der Waals surface area contributed by atoms with Gasteiger partial charge in [-0.05, 0) is 31.5 Å². The topological polar surface area (TPSA) is 41.5 Å². The van der Waals surface area contributed by atoms with Crippen LogP contribution < -0.4 is 10.2 Å². The molecule has 2 N–H and O–H groups in total. The van der Waals surface area contributed by atoms with Crippen molar-refractivity contribution in [2.75, 3.05) is 0 Å². The van der Waals surface area contributed by atoms with E-state index in [-0.39, 0.29) is 6.10 Å². The third-order valence-electron chi connectivity index (χ3n) is 1.64. The van der Waals surface area contributed by atoms with Crippen molar-refractivity contribution in [3.05, 3.63) is 28.8 Å². The first kappa shape index (κ1) is 11.3. The van der Waals surface area contributed by atoms with Gasteiger partial charge in [0, 0.05) is 6.54 Å². The molecule has 0 aliphatic carbocycles. The highest BCUT2D eigenvalue weighted by molar-refractivity contribution is 6.32. The third-order valence-corrected chi connectivity index (χ3v) is 1.95. The van der Waals surface area contributed by atoms with Crippen LogP contribution in [0.2, 0.25) is 5.02 Å². The Bertz CT molecular complexity index is 302. The predicted octanol–water partition coefficient (Wildman–Crippen LogP) is 2.61. The Balaban J connectivity index is 2.84. The number of nitrogens with one attached hydrogen (secondary N) is 1. The molecule has 1 aromatic carbocycles. The van der Waals surface area contributed by atoms with Crippen LogP contribution >= 0.6 is 11.6 Å². The van der Waals surface area contributed by atoms with Crippen LogP contribution in [-0.2, 0) is 6.54 Å². The highest BCUT2D eigenvalue weighted by Crippen LogP contribution is 2.26. The van der Waals surface area contributed by atoms with Gasteiger partial charge in [-0.15, -0.1) is 0 Å². The van der Waals surface area contributed by atoms with Crippen molar-refractivity contribution in [2.24, 2.45) is 0 Å². The molecule has 0 saturated carbocycles. The summed E-state index contributed by atoms with van der Waals surface area (Å²) in [5.74, 6) is 0.648. The van der Waals surface area contributed by atoms with Crippen molar-refractivity contribution in [3.8, 4) is 5.75 Å². The number of hydrogen-bond acceptors (Lipinski definition) is 3. The lowest BCUT2D eigenvalue weighted by Gasteiger charge is -2.12. The van der Waals surface area contributed by atoms with Crippen LogP contribution in [0.15, 0.2) is 18.2 Å². The van der Waals surface area contributed by atoms with Crippen molar-refractivity contribution >= 4 is 11.6 Å². The van der Waals surface area contributed by atoms with Gasteiger partial charge in [0.05, 0.1) is 11.1 Å². The van der Waals surface area contributed by atoms with Crippen LogP contribution in [0, 0.1) is 0 Å². The van der Waals surface area contributed by atoms with Gasteiger partial charge in [-0.25, -0.2) is 5.48 Å². The van der Waals surface area contributed by atoms with E-state index in [1.165, 1.54) is 0 Å². The minimum atomic E-state index is 0.0878. The molecule has 0 unspecified atom stereocenters. The Morgan fingerprint density at radius 3 is 2.79 bits per heavy atom. The SMILES string of the molecule is CC(C)Oc1cc(CNO)ccc1Cl. The monoisotopic (exact) mass is 215 g/mol. The standard InChI is InChI=1S/C10H14ClNO2/c1-7(2)14-10-5-8(6-12-13)3-4-9(10)11/h3-5,7,12-13H,6H2,1-2H3. The Kier molecular flexibility index (Phi) is 4.20.